The summed E-state index contributed by atoms with van der Waals surface area (Å²) in [5.74, 6) is 0.194. The molecule has 28 heavy (non-hydrogen) atoms. The molecule has 2 aromatic rings. The molecule has 0 saturated heterocycles. The van der Waals surface area contributed by atoms with Crippen molar-refractivity contribution >= 4 is 17.4 Å². The minimum Gasteiger partial charge on any atom is -0.395 e. The zero-order chi connectivity index (χ0) is 20.1. The van der Waals surface area contributed by atoms with Crippen molar-refractivity contribution in [3.63, 3.8) is 0 Å². The molecule has 0 fully saturated rings. The average Bonchev–Trinajstić information content (AvgIpc) is 2.72. The van der Waals surface area contributed by atoms with Gasteiger partial charge in [-0.05, 0) is 12.5 Å². The van der Waals surface area contributed by atoms with Crippen LogP contribution >= 0.6 is 0 Å². The topological polar surface area (TPSA) is 117 Å². The first kappa shape index (κ1) is 19.2. The molecule has 1 amide bonds. The molecule has 3 rings (SSSR count). The molecule has 1 aliphatic heterocycles. The van der Waals surface area contributed by atoms with Gasteiger partial charge in [-0.3, -0.25) is 19.9 Å². The summed E-state index contributed by atoms with van der Waals surface area (Å²) in [6.45, 7) is 1.67. The van der Waals surface area contributed by atoms with Gasteiger partial charge >= 0.3 is 0 Å². The van der Waals surface area contributed by atoms with Gasteiger partial charge in [0.25, 0.3) is 11.6 Å². The maximum atomic E-state index is 12.7. The van der Waals surface area contributed by atoms with Crippen LogP contribution in [0.4, 0.5) is 5.69 Å². The van der Waals surface area contributed by atoms with E-state index < -0.39 is 11.0 Å². The number of aliphatic hydroxyl groups is 1. The van der Waals surface area contributed by atoms with Gasteiger partial charge in [-0.25, -0.2) is 0 Å². The lowest BCUT2D eigenvalue weighted by Gasteiger charge is -2.26. The standard InChI is InChI=1S/C20H20N4O4/c1-13-17(20(26)21-10-11-25)18(15-8-5-9-16(12-15)24(27)28)23-19(22-13)14-6-3-2-4-7-14/h2-9,12,18,25H,10-11H2,1H3,(H,21,26)(H,22,23). The van der Waals surface area contributed by atoms with Crippen molar-refractivity contribution in [2.24, 2.45) is 4.99 Å². The molecule has 8 heteroatoms. The van der Waals surface area contributed by atoms with Crippen LogP contribution in [0.2, 0.25) is 0 Å². The van der Waals surface area contributed by atoms with Crippen LogP contribution in [0.1, 0.15) is 24.1 Å². The van der Waals surface area contributed by atoms with Crippen molar-refractivity contribution in [1.82, 2.24) is 10.6 Å². The molecule has 2 aromatic carbocycles. The number of rotatable bonds is 6. The maximum absolute atomic E-state index is 12.7. The average molecular weight is 380 g/mol. The monoisotopic (exact) mass is 380 g/mol. The number of nitrogens with zero attached hydrogens (tertiary/aromatic N) is 2. The van der Waals surface area contributed by atoms with Crippen LogP contribution < -0.4 is 10.6 Å². The number of nitrogens with one attached hydrogen (secondary N) is 2. The van der Waals surface area contributed by atoms with Gasteiger partial charge in [0, 0.05) is 29.9 Å². The number of carbonyl (C=O) groups is 1. The van der Waals surface area contributed by atoms with Crippen molar-refractivity contribution < 1.29 is 14.8 Å². The Labute approximate surface area is 161 Å². The second kappa shape index (κ2) is 8.45. The Morgan fingerprint density at radius 1 is 1.25 bits per heavy atom. The summed E-state index contributed by atoms with van der Waals surface area (Å²) in [6, 6.07) is 14.8. The SMILES string of the molecule is CC1=C(C(=O)NCCO)C(c2cccc([N+](=O)[O-])c2)N=C(c2ccccc2)N1. The van der Waals surface area contributed by atoms with Crippen molar-refractivity contribution in [3.05, 3.63) is 87.1 Å². The number of amides is 1. The summed E-state index contributed by atoms with van der Waals surface area (Å²) < 4.78 is 0. The molecule has 1 aliphatic rings. The molecule has 1 unspecified atom stereocenters. The summed E-state index contributed by atoms with van der Waals surface area (Å²) in [7, 11) is 0. The predicted molar refractivity (Wildman–Crippen MR) is 105 cm³/mol. The molecule has 0 aromatic heterocycles. The van der Waals surface area contributed by atoms with Crippen LogP contribution in [0.3, 0.4) is 0 Å². The molecule has 1 atom stereocenters. The summed E-state index contributed by atoms with van der Waals surface area (Å²) >= 11 is 0. The number of allylic oxidation sites excluding steroid dienone is 1. The number of amidine groups is 1. The lowest BCUT2D eigenvalue weighted by Crippen LogP contribution is -2.37. The Kier molecular flexibility index (Phi) is 5.81. The van der Waals surface area contributed by atoms with Gasteiger partial charge in [0.05, 0.1) is 17.1 Å². The fraction of sp³-hybridized carbons (Fsp3) is 0.200. The van der Waals surface area contributed by atoms with E-state index in [1.807, 2.05) is 30.3 Å². The van der Waals surface area contributed by atoms with E-state index in [0.29, 0.717) is 22.7 Å². The normalized spacial score (nSPS) is 16.2. The molecule has 0 aliphatic carbocycles. The zero-order valence-corrected chi connectivity index (χ0v) is 15.3. The van der Waals surface area contributed by atoms with Gasteiger partial charge in [-0.1, -0.05) is 42.5 Å². The lowest BCUT2D eigenvalue weighted by molar-refractivity contribution is -0.384. The highest BCUT2D eigenvalue weighted by Crippen LogP contribution is 2.33. The largest absolute Gasteiger partial charge is 0.395 e. The summed E-state index contributed by atoms with van der Waals surface area (Å²) in [5.41, 5.74) is 2.26. The summed E-state index contributed by atoms with van der Waals surface area (Å²) in [6.07, 6.45) is 0. The summed E-state index contributed by atoms with van der Waals surface area (Å²) in [5, 5.41) is 26.0. The van der Waals surface area contributed by atoms with E-state index in [-0.39, 0.29) is 24.7 Å². The highest BCUT2D eigenvalue weighted by atomic mass is 16.6. The van der Waals surface area contributed by atoms with E-state index in [4.69, 9.17) is 5.11 Å². The molecular weight excluding hydrogens is 360 g/mol. The molecule has 0 saturated carbocycles. The van der Waals surface area contributed by atoms with Crippen LogP contribution in [0.15, 0.2) is 70.9 Å². The van der Waals surface area contributed by atoms with E-state index in [2.05, 4.69) is 15.6 Å². The summed E-state index contributed by atoms with van der Waals surface area (Å²) in [4.78, 5) is 28.1. The van der Waals surface area contributed by atoms with Crippen molar-refractivity contribution in [3.8, 4) is 0 Å². The molecule has 0 spiro atoms. The van der Waals surface area contributed by atoms with Gasteiger partial charge in [-0.15, -0.1) is 0 Å². The van der Waals surface area contributed by atoms with Crippen LogP contribution in [0.25, 0.3) is 0 Å². The molecule has 0 bridgehead atoms. The Hall–Kier alpha value is -3.52. The second-order valence-electron chi connectivity index (χ2n) is 6.24. The first-order valence-corrected chi connectivity index (χ1v) is 8.75. The number of non-ortho nitro benzene ring substituents is 1. The first-order valence-electron chi connectivity index (χ1n) is 8.75. The van der Waals surface area contributed by atoms with Crippen LogP contribution in [0.5, 0.6) is 0 Å². The fourth-order valence-corrected chi connectivity index (χ4v) is 3.03. The smallest absolute Gasteiger partial charge is 0.269 e. The quantitative estimate of drug-likeness (QED) is 0.524. The van der Waals surface area contributed by atoms with E-state index in [9.17, 15) is 14.9 Å². The number of carbonyl (C=O) groups excluding carboxylic acids is 1. The number of benzene rings is 2. The Bertz CT molecular complexity index is 954. The van der Waals surface area contributed by atoms with Crippen LogP contribution in [0, 0.1) is 10.1 Å². The highest BCUT2D eigenvalue weighted by Gasteiger charge is 2.30. The number of aliphatic hydroxyl groups excluding tert-OH is 1. The fourth-order valence-electron chi connectivity index (χ4n) is 3.03. The number of aliphatic imine (C=N–C) groups is 1. The third-order valence-electron chi connectivity index (χ3n) is 4.33. The Morgan fingerprint density at radius 2 is 2.00 bits per heavy atom. The lowest BCUT2D eigenvalue weighted by atomic mass is 9.94. The van der Waals surface area contributed by atoms with E-state index in [1.165, 1.54) is 12.1 Å². The van der Waals surface area contributed by atoms with Gasteiger partial charge in [0.2, 0.25) is 0 Å². The molecule has 144 valence electrons. The van der Waals surface area contributed by atoms with Crippen LogP contribution in [-0.2, 0) is 4.79 Å². The molecule has 0 radical (unpaired) electrons. The van der Waals surface area contributed by atoms with Crippen molar-refractivity contribution in [2.75, 3.05) is 13.2 Å². The van der Waals surface area contributed by atoms with E-state index in [0.717, 1.165) is 5.56 Å². The Balaban J connectivity index is 2.08. The predicted octanol–water partition coefficient (Wildman–Crippen LogP) is 2.07. The van der Waals surface area contributed by atoms with Gasteiger partial charge < -0.3 is 15.7 Å². The number of nitro groups is 1. The first-order chi connectivity index (χ1) is 13.5. The minimum atomic E-state index is -0.713. The van der Waals surface area contributed by atoms with E-state index >= 15 is 0 Å². The second-order valence-corrected chi connectivity index (χ2v) is 6.24. The third-order valence-corrected chi connectivity index (χ3v) is 4.33. The van der Waals surface area contributed by atoms with Gasteiger partial charge in [0.15, 0.2) is 0 Å². The Morgan fingerprint density at radius 3 is 2.68 bits per heavy atom. The third kappa shape index (κ3) is 4.07. The number of hydrogen-bond donors (Lipinski definition) is 3. The molecule has 3 N–H and O–H groups in total. The molecule has 1 heterocycles. The molecule has 8 nitrogen and oxygen atoms in total. The highest BCUT2D eigenvalue weighted by molar-refractivity contribution is 6.04. The maximum Gasteiger partial charge on any atom is 0.269 e. The minimum absolute atomic E-state index is 0.0692. The van der Waals surface area contributed by atoms with Crippen LogP contribution in [-0.4, -0.2) is 34.9 Å². The van der Waals surface area contributed by atoms with Crippen molar-refractivity contribution in [2.45, 2.75) is 13.0 Å². The van der Waals surface area contributed by atoms with Gasteiger partial charge in [0.1, 0.15) is 11.9 Å². The number of hydrogen-bond acceptors (Lipinski definition) is 6. The van der Waals surface area contributed by atoms with Gasteiger partial charge in [-0.2, -0.15) is 0 Å². The van der Waals surface area contributed by atoms with Crippen molar-refractivity contribution in [1.29, 1.82) is 0 Å². The number of nitro benzene ring substituents is 1. The zero-order valence-electron chi connectivity index (χ0n) is 15.3. The molecular formula is C20H20N4O4. The van der Waals surface area contributed by atoms with E-state index in [1.54, 1.807) is 19.1 Å².